The SMILES string of the molecule is CN(C)C[C@H]1[C@H]2CC[C@H](C2)CC1(O)c1cc(O)cc(Cl)c1. The van der Waals surface area contributed by atoms with Gasteiger partial charge in [-0.1, -0.05) is 18.0 Å². The molecular weight excluding hydrogens is 286 g/mol. The zero-order chi connectivity index (χ0) is 15.2. The lowest BCUT2D eigenvalue weighted by Gasteiger charge is -2.45. The van der Waals surface area contributed by atoms with Crippen molar-refractivity contribution in [3.8, 4) is 5.75 Å². The maximum atomic E-state index is 11.5. The van der Waals surface area contributed by atoms with E-state index in [0.717, 1.165) is 18.5 Å². The van der Waals surface area contributed by atoms with E-state index >= 15 is 0 Å². The number of hydrogen-bond acceptors (Lipinski definition) is 3. The summed E-state index contributed by atoms with van der Waals surface area (Å²) in [6, 6.07) is 5.01. The fourth-order valence-corrected chi connectivity index (χ4v) is 4.72. The molecule has 3 nitrogen and oxygen atoms in total. The van der Waals surface area contributed by atoms with E-state index in [1.807, 2.05) is 6.07 Å². The lowest BCUT2D eigenvalue weighted by atomic mass is 9.66. The van der Waals surface area contributed by atoms with Crippen LogP contribution in [0.5, 0.6) is 5.75 Å². The van der Waals surface area contributed by atoms with Gasteiger partial charge < -0.3 is 15.1 Å². The molecule has 2 aliphatic rings. The van der Waals surface area contributed by atoms with E-state index in [2.05, 4.69) is 19.0 Å². The monoisotopic (exact) mass is 309 g/mol. The highest BCUT2D eigenvalue weighted by atomic mass is 35.5. The predicted molar refractivity (Wildman–Crippen MR) is 84.5 cm³/mol. The molecule has 2 bridgehead atoms. The number of rotatable bonds is 3. The molecule has 0 aliphatic heterocycles. The molecule has 0 heterocycles. The second-order valence-electron chi connectivity index (χ2n) is 7.13. The van der Waals surface area contributed by atoms with Gasteiger partial charge in [-0.2, -0.15) is 0 Å². The van der Waals surface area contributed by atoms with Crippen molar-refractivity contribution in [2.45, 2.75) is 31.3 Å². The van der Waals surface area contributed by atoms with E-state index in [4.69, 9.17) is 11.6 Å². The van der Waals surface area contributed by atoms with Crippen LogP contribution in [-0.4, -0.2) is 35.8 Å². The summed E-state index contributed by atoms with van der Waals surface area (Å²) in [7, 11) is 4.10. The molecule has 2 N–H and O–H groups in total. The van der Waals surface area contributed by atoms with E-state index < -0.39 is 5.60 Å². The number of phenolic OH excluding ortho intramolecular Hbond substituents is 1. The van der Waals surface area contributed by atoms with E-state index in [1.54, 1.807) is 6.07 Å². The van der Waals surface area contributed by atoms with Gasteiger partial charge in [-0.05, 0) is 69.0 Å². The van der Waals surface area contributed by atoms with Crippen LogP contribution in [0.15, 0.2) is 18.2 Å². The Bertz CT molecular complexity index is 513. The van der Waals surface area contributed by atoms with Gasteiger partial charge in [0.05, 0.1) is 5.60 Å². The standard InChI is InChI=1S/C17H24ClNO2/c1-19(2)10-16-12-4-3-11(5-12)9-17(16,21)13-6-14(18)8-15(20)7-13/h6-8,11-12,16,20-21H,3-5,9-10H2,1-2H3/t11-,12+,16+,17?/m1/s1. The fraction of sp³-hybridized carbons (Fsp3) is 0.647. The molecule has 116 valence electrons. The Kier molecular flexibility index (Phi) is 3.93. The van der Waals surface area contributed by atoms with Gasteiger partial charge in [-0.15, -0.1) is 0 Å². The van der Waals surface area contributed by atoms with Crippen LogP contribution in [0.2, 0.25) is 5.02 Å². The third kappa shape index (κ3) is 2.79. The summed E-state index contributed by atoms with van der Waals surface area (Å²) in [5.41, 5.74) is -0.104. The first-order valence-corrected chi connectivity index (χ1v) is 8.13. The van der Waals surface area contributed by atoms with E-state index in [0.29, 0.717) is 16.9 Å². The molecule has 0 amide bonds. The predicted octanol–water partition coefficient (Wildman–Crippen LogP) is 3.23. The minimum atomic E-state index is -0.878. The largest absolute Gasteiger partial charge is 0.508 e. The van der Waals surface area contributed by atoms with E-state index in [-0.39, 0.29) is 11.7 Å². The normalized spacial score (nSPS) is 35.4. The second kappa shape index (κ2) is 5.45. The number of aliphatic hydroxyl groups is 1. The molecule has 1 aromatic rings. The Balaban J connectivity index is 2.02. The molecule has 0 spiro atoms. The smallest absolute Gasteiger partial charge is 0.117 e. The van der Waals surface area contributed by atoms with Crippen molar-refractivity contribution in [2.75, 3.05) is 20.6 Å². The van der Waals surface area contributed by atoms with Crippen molar-refractivity contribution >= 4 is 11.6 Å². The molecule has 0 aromatic heterocycles. The topological polar surface area (TPSA) is 43.7 Å². The summed E-state index contributed by atoms with van der Waals surface area (Å²) in [4.78, 5) is 2.15. The first kappa shape index (κ1) is 15.1. The Morgan fingerprint density at radius 1 is 1.29 bits per heavy atom. The molecule has 4 heteroatoms. The molecular formula is C17H24ClNO2. The van der Waals surface area contributed by atoms with Crippen LogP contribution in [0.1, 0.15) is 31.2 Å². The fourth-order valence-electron chi connectivity index (χ4n) is 4.50. The molecule has 0 radical (unpaired) electrons. The molecule has 3 rings (SSSR count). The highest BCUT2D eigenvalue weighted by Gasteiger charge is 2.51. The van der Waals surface area contributed by atoms with Gasteiger partial charge >= 0.3 is 0 Å². The van der Waals surface area contributed by atoms with Gasteiger partial charge in [0.1, 0.15) is 5.75 Å². The second-order valence-corrected chi connectivity index (χ2v) is 7.57. The molecule has 2 saturated carbocycles. The lowest BCUT2D eigenvalue weighted by molar-refractivity contribution is -0.0892. The summed E-state index contributed by atoms with van der Waals surface area (Å²) in [5, 5.41) is 21.8. The summed E-state index contributed by atoms with van der Waals surface area (Å²) in [6.07, 6.45) is 4.43. The van der Waals surface area contributed by atoms with E-state index in [1.165, 1.54) is 25.3 Å². The molecule has 2 fully saturated rings. The van der Waals surface area contributed by atoms with Crippen molar-refractivity contribution in [1.82, 2.24) is 4.90 Å². The average molecular weight is 310 g/mol. The van der Waals surface area contributed by atoms with Gasteiger partial charge in [-0.3, -0.25) is 0 Å². The van der Waals surface area contributed by atoms with Crippen LogP contribution >= 0.6 is 11.6 Å². The number of benzene rings is 1. The van der Waals surface area contributed by atoms with Crippen LogP contribution in [-0.2, 0) is 5.60 Å². The molecule has 1 aromatic carbocycles. The minimum Gasteiger partial charge on any atom is -0.508 e. The summed E-state index contributed by atoms with van der Waals surface area (Å²) in [6.45, 7) is 0.862. The highest BCUT2D eigenvalue weighted by Crippen LogP contribution is 2.54. The molecule has 4 atom stereocenters. The number of phenols is 1. The summed E-state index contributed by atoms with van der Waals surface area (Å²) < 4.78 is 0. The number of aromatic hydroxyl groups is 1. The summed E-state index contributed by atoms with van der Waals surface area (Å²) >= 11 is 6.09. The Morgan fingerprint density at radius 2 is 2.05 bits per heavy atom. The van der Waals surface area contributed by atoms with Crippen LogP contribution in [0.3, 0.4) is 0 Å². The first-order chi connectivity index (χ1) is 9.88. The average Bonchev–Trinajstić information content (AvgIpc) is 2.77. The Labute approximate surface area is 131 Å². The van der Waals surface area contributed by atoms with Crippen LogP contribution in [0.25, 0.3) is 0 Å². The molecule has 2 aliphatic carbocycles. The van der Waals surface area contributed by atoms with Crippen LogP contribution < -0.4 is 0 Å². The minimum absolute atomic E-state index is 0.132. The third-order valence-electron chi connectivity index (χ3n) is 5.31. The van der Waals surface area contributed by atoms with Gasteiger partial charge in [-0.25, -0.2) is 0 Å². The first-order valence-electron chi connectivity index (χ1n) is 7.75. The third-order valence-corrected chi connectivity index (χ3v) is 5.53. The molecule has 21 heavy (non-hydrogen) atoms. The Morgan fingerprint density at radius 3 is 2.71 bits per heavy atom. The van der Waals surface area contributed by atoms with Crippen molar-refractivity contribution in [1.29, 1.82) is 0 Å². The van der Waals surface area contributed by atoms with Crippen molar-refractivity contribution < 1.29 is 10.2 Å². The van der Waals surface area contributed by atoms with Crippen molar-refractivity contribution in [3.63, 3.8) is 0 Å². The van der Waals surface area contributed by atoms with Crippen LogP contribution in [0, 0.1) is 17.8 Å². The molecule has 0 saturated heterocycles. The molecule has 1 unspecified atom stereocenters. The zero-order valence-electron chi connectivity index (χ0n) is 12.7. The van der Waals surface area contributed by atoms with Crippen LogP contribution in [0.4, 0.5) is 0 Å². The number of fused-ring (bicyclic) bond motifs is 2. The zero-order valence-corrected chi connectivity index (χ0v) is 13.5. The quantitative estimate of drug-likeness (QED) is 0.901. The summed E-state index contributed by atoms with van der Waals surface area (Å²) in [5.74, 6) is 1.49. The number of halogens is 1. The van der Waals surface area contributed by atoms with E-state index in [9.17, 15) is 10.2 Å². The number of hydrogen-bond donors (Lipinski definition) is 2. The van der Waals surface area contributed by atoms with Gasteiger partial charge in [0, 0.05) is 17.5 Å². The Hall–Kier alpha value is -0.770. The van der Waals surface area contributed by atoms with Gasteiger partial charge in [0.25, 0.3) is 0 Å². The maximum Gasteiger partial charge on any atom is 0.117 e. The van der Waals surface area contributed by atoms with Gasteiger partial charge in [0.2, 0.25) is 0 Å². The number of nitrogens with zero attached hydrogens (tertiary/aromatic N) is 1. The van der Waals surface area contributed by atoms with Crippen molar-refractivity contribution in [2.24, 2.45) is 17.8 Å². The highest BCUT2D eigenvalue weighted by molar-refractivity contribution is 6.30. The van der Waals surface area contributed by atoms with Crippen molar-refractivity contribution in [3.05, 3.63) is 28.8 Å². The maximum absolute atomic E-state index is 11.5. The lowest BCUT2D eigenvalue weighted by Crippen LogP contribution is -2.47. The van der Waals surface area contributed by atoms with Gasteiger partial charge in [0.15, 0.2) is 0 Å².